The maximum atomic E-state index is 12.4. The molecule has 7 nitrogen and oxygen atoms in total. The minimum atomic E-state index is -0.658. The van der Waals surface area contributed by atoms with E-state index in [1.54, 1.807) is 4.90 Å². The molecule has 150 valence electrons. The van der Waals surface area contributed by atoms with Crippen molar-refractivity contribution in [3.8, 4) is 0 Å². The standard InChI is InChI=1S/C20H24N4O3.ClH/c1-27-13-17(21)19(25)24-11-10-16-14(12-24)6-5-9-18(16)23-20(26)22-15-7-3-2-4-8-15;/h2-9,17H,10-13,21H2,1H3,(H2,22,23,26);1H. The smallest absolute Gasteiger partial charge is 0.323 e. The summed E-state index contributed by atoms with van der Waals surface area (Å²) in [5.74, 6) is -0.123. The van der Waals surface area contributed by atoms with Crippen LogP contribution in [0.5, 0.6) is 0 Å². The second-order valence-electron chi connectivity index (χ2n) is 6.46. The number of methoxy groups -OCH3 is 1. The molecule has 0 radical (unpaired) electrons. The van der Waals surface area contributed by atoms with Gasteiger partial charge in [-0.2, -0.15) is 0 Å². The first kappa shape index (κ1) is 21.7. The quantitative estimate of drug-likeness (QED) is 0.713. The second kappa shape index (κ2) is 10.1. The lowest BCUT2D eigenvalue weighted by atomic mass is 9.97. The van der Waals surface area contributed by atoms with Crippen LogP contribution in [0.4, 0.5) is 16.2 Å². The maximum Gasteiger partial charge on any atom is 0.323 e. The molecule has 2 aromatic rings. The molecule has 1 heterocycles. The van der Waals surface area contributed by atoms with Crippen LogP contribution in [0.25, 0.3) is 0 Å². The number of hydrogen-bond acceptors (Lipinski definition) is 4. The van der Waals surface area contributed by atoms with Crippen molar-refractivity contribution in [1.29, 1.82) is 0 Å². The fourth-order valence-electron chi connectivity index (χ4n) is 3.21. The number of nitrogens with one attached hydrogen (secondary N) is 2. The highest BCUT2D eigenvalue weighted by Gasteiger charge is 2.26. The number of nitrogens with zero attached hydrogens (tertiary/aromatic N) is 1. The largest absolute Gasteiger partial charge is 0.383 e. The lowest BCUT2D eigenvalue weighted by Gasteiger charge is -2.31. The molecule has 4 N–H and O–H groups in total. The molecule has 0 bridgehead atoms. The molecule has 2 aromatic carbocycles. The number of anilines is 2. The molecule has 1 aliphatic heterocycles. The number of carbonyl (C=O) groups is 2. The third-order valence-corrected chi connectivity index (χ3v) is 4.52. The fraction of sp³-hybridized carbons (Fsp3) is 0.300. The van der Waals surface area contributed by atoms with E-state index in [0.29, 0.717) is 19.5 Å². The van der Waals surface area contributed by atoms with Gasteiger partial charge in [0.1, 0.15) is 6.04 Å². The van der Waals surface area contributed by atoms with Crippen molar-refractivity contribution in [1.82, 2.24) is 4.90 Å². The van der Waals surface area contributed by atoms with E-state index in [0.717, 1.165) is 22.5 Å². The van der Waals surface area contributed by atoms with Crippen molar-refractivity contribution in [2.45, 2.75) is 19.0 Å². The third-order valence-electron chi connectivity index (χ3n) is 4.52. The molecule has 3 rings (SSSR count). The Hall–Kier alpha value is -2.61. The van der Waals surface area contributed by atoms with Crippen LogP contribution < -0.4 is 16.4 Å². The molecule has 0 saturated heterocycles. The van der Waals surface area contributed by atoms with Crippen LogP contribution >= 0.6 is 12.4 Å². The second-order valence-corrected chi connectivity index (χ2v) is 6.46. The number of rotatable bonds is 5. The summed E-state index contributed by atoms with van der Waals surface area (Å²) in [6.07, 6.45) is 0.655. The number of amides is 3. The van der Waals surface area contributed by atoms with E-state index in [1.807, 2.05) is 48.5 Å². The number of fused-ring (bicyclic) bond motifs is 1. The Kier molecular flexibility index (Phi) is 7.80. The molecule has 0 fully saturated rings. The lowest BCUT2D eigenvalue weighted by Crippen LogP contribution is -2.47. The van der Waals surface area contributed by atoms with Crippen LogP contribution in [-0.2, 0) is 22.5 Å². The van der Waals surface area contributed by atoms with E-state index >= 15 is 0 Å². The van der Waals surface area contributed by atoms with Crippen LogP contribution in [0.1, 0.15) is 11.1 Å². The van der Waals surface area contributed by atoms with Crippen LogP contribution in [-0.4, -0.2) is 43.1 Å². The number of halogens is 1. The molecule has 0 saturated carbocycles. The topological polar surface area (TPSA) is 96.7 Å². The van der Waals surface area contributed by atoms with Crippen LogP contribution in [0, 0.1) is 0 Å². The van der Waals surface area contributed by atoms with Gasteiger partial charge in [0.05, 0.1) is 6.61 Å². The first-order valence-corrected chi connectivity index (χ1v) is 8.85. The summed E-state index contributed by atoms with van der Waals surface area (Å²) < 4.78 is 4.97. The number of hydrogen-bond donors (Lipinski definition) is 3. The number of ether oxygens (including phenoxy) is 1. The first-order chi connectivity index (χ1) is 13.1. The normalized spacial score (nSPS) is 13.7. The van der Waals surface area contributed by atoms with E-state index < -0.39 is 6.04 Å². The number of benzene rings is 2. The van der Waals surface area contributed by atoms with Crippen molar-refractivity contribution in [3.63, 3.8) is 0 Å². The molecule has 0 aromatic heterocycles. The zero-order valence-corrected chi connectivity index (χ0v) is 16.5. The zero-order chi connectivity index (χ0) is 19.2. The predicted molar refractivity (Wildman–Crippen MR) is 112 cm³/mol. The first-order valence-electron chi connectivity index (χ1n) is 8.85. The Morgan fingerprint density at radius 2 is 1.89 bits per heavy atom. The highest BCUT2D eigenvalue weighted by atomic mass is 35.5. The molecule has 1 unspecified atom stereocenters. The van der Waals surface area contributed by atoms with Gasteiger partial charge in [0.25, 0.3) is 0 Å². The van der Waals surface area contributed by atoms with Crippen molar-refractivity contribution in [2.24, 2.45) is 5.73 Å². The summed E-state index contributed by atoms with van der Waals surface area (Å²) in [7, 11) is 1.52. The van der Waals surface area contributed by atoms with Gasteiger partial charge < -0.3 is 26.0 Å². The summed E-state index contributed by atoms with van der Waals surface area (Å²) in [5, 5.41) is 5.72. The van der Waals surface area contributed by atoms with E-state index in [4.69, 9.17) is 10.5 Å². The van der Waals surface area contributed by atoms with E-state index in [2.05, 4.69) is 10.6 Å². The minimum Gasteiger partial charge on any atom is -0.383 e. The summed E-state index contributed by atoms with van der Waals surface area (Å²) in [4.78, 5) is 26.4. The van der Waals surface area contributed by atoms with Gasteiger partial charge in [-0.25, -0.2) is 4.79 Å². The van der Waals surface area contributed by atoms with Crippen molar-refractivity contribution in [3.05, 3.63) is 59.7 Å². The molecular weight excluding hydrogens is 380 g/mol. The summed E-state index contributed by atoms with van der Waals surface area (Å²) in [5.41, 5.74) is 9.41. The van der Waals surface area contributed by atoms with Crippen LogP contribution in [0.15, 0.2) is 48.5 Å². The van der Waals surface area contributed by atoms with Gasteiger partial charge in [0.2, 0.25) is 5.91 Å². The number of carbonyl (C=O) groups excluding carboxylic acids is 2. The van der Waals surface area contributed by atoms with Gasteiger partial charge in [0.15, 0.2) is 0 Å². The maximum absolute atomic E-state index is 12.4. The van der Waals surface area contributed by atoms with Gasteiger partial charge in [-0.15, -0.1) is 12.4 Å². The van der Waals surface area contributed by atoms with Gasteiger partial charge in [-0.1, -0.05) is 30.3 Å². The number of nitrogens with two attached hydrogens (primary N) is 1. The number of urea groups is 1. The minimum absolute atomic E-state index is 0. The predicted octanol–water partition coefficient (Wildman–Crippen LogP) is 2.61. The zero-order valence-electron chi connectivity index (χ0n) is 15.7. The van der Waals surface area contributed by atoms with Crippen molar-refractivity contribution in [2.75, 3.05) is 30.9 Å². The Bertz CT molecular complexity index is 816. The highest BCUT2D eigenvalue weighted by Crippen LogP contribution is 2.26. The Morgan fingerprint density at radius 1 is 1.14 bits per heavy atom. The molecular formula is C20H25ClN4O3. The molecule has 8 heteroatoms. The fourth-order valence-corrected chi connectivity index (χ4v) is 3.21. The Balaban J connectivity index is 0.00000280. The van der Waals surface area contributed by atoms with Gasteiger partial charge in [-0.05, 0) is 35.7 Å². The van der Waals surface area contributed by atoms with Gasteiger partial charge >= 0.3 is 6.03 Å². The number of para-hydroxylation sites is 1. The molecule has 1 aliphatic rings. The molecule has 28 heavy (non-hydrogen) atoms. The van der Waals surface area contributed by atoms with Gasteiger partial charge in [-0.3, -0.25) is 4.79 Å². The third kappa shape index (κ3) is 5.22. The van der Waals surface area contributed by atoms with Crippen LogP contribution in [0.3, 0.4) is 0 Å². The van der Waals surface area contributed by atoms with E-state index in [-0.39, 0.29) is 31.0 Å². The van der Waals surface area contributed by atoms with E-state index in [1.165, 1.54) is 7.11 Å². The van der Waals surface area contributed by atoms with Gasteiger partial charge in [0, 0.05) is 31.6 Å². The molecule has 0 aliphatic carbocycles. The molecule has 1 atom stereocenters. The highest BCUT2D eigenvalue weighted by molar-refractivity contribution is 6.00. The van der Waals surface area contributed by atoms with Crippen LogP contribution in [0.2, 0.25) is 0 Å². The average molecular weight is 405 g/mol. The lowest BCUT2D eigenvalue weighted by molar-refractivity contribution is -0.134. The molecule has 3 amide bonds. The average Bonchev–Trinajstić information content (AvgIpc) is 2.68. The summed E-state index contributed by atoms with van der Waals surface area (Å²) >= 11 is 0. The Labute approximate surface area is 170 Å². The monoisotopic (exact) mass is 404 g/mol. The van der Waals surface area contributed by atoms with Crippen molar-refractivity contribution >= 4 is 35.7 Å². The SMILES string of the molecule is COCC(N)C(=O)N1CCc2c(cccc2NC(=O)Nc2ccccc2)C1.Cl. The summed E-state index contributed by atoms with van der Waals surface area (Å²) in [6, 6.07) is 14.0. The molecule has 0 spiro atoms. The van der Waals surface area contributed by atoms with Crippen molar-refractivity contribution < 1.29 is 14.3 Å². The Morgan fingerprint density at radius 3 is 2.61 bits per heavy atom. The van der Waals surface area contributed by atoms with E-state index in [9.17, 15) is 9.59 Å². The summed E-state index contributed by atoms with van der Waals surface area (Å²) in [6.45, 7) is 1.23.